The molecule has 1 aromatic rings. The van der Waals surface area contributed by atoms with Crippen LogP contribution in [0, 0.1) is 0 Å². The van der Waals surface area contributed by atoms with E-state index in [0.29, 0.717) is 11.7 Å². The van der Waals surface area contributed by atoms with Gasteiger partial charge in [0.05, 0.1) is 8.56 Å². The number of phenolic OH excluding ortho intramolecular Hbond substituents is 1. The van der Waals surface area contributed by atoms with E-state index in [0.717, 1.165) is 16.7 Å². The summed E-state index contributed by atoms with van der Waals surface area (Å²) in [6, 6.07) is 4.14. The molecule has 0 aliphatic heterocycles. The molecule has 1 rings (SSSR count). The topological polar surface area (TPSA) is 20.2 Å². The fraction of sp³-hybridized carbons (Fsp3) is 0.571. The molecule has 0 aliphatic rings. The molecule has 1 nitrogen and oxygen atoms in total. The third-order valence-electron chi connectivity index (χ3n) is 3.00. The Morgan fingerprint density at radius 2 is 1.39 bits per heavy atom. The first-order chi connectivity index (χ1) is 8.27. The van der Waals surface area contributed by atoms with Crippen molar-refractivity contribution < 1.29 is 5.11 Å². The van der Waals surface area contributed by atoms with Gasteiger partial charge in [0.15, 0.2) is 0 Å². The van der Waals surface area contributed by atoms with Crippen LogP contribution >= 0.6 is 47.8 Å². The summed E-state index contributed by atoms with van der Waals surface area (Å²) in [6.07, 6.45) is 0. The molecular weight excluding hydrogens is 424 g/mol. The molecule has 0 fully saturated rings. The van der Waals surface area contributed by atoms with Crippen molar-refractivity contribution in [3.8, 4) is 5.75 Å². The van der Waals surface area contributed by atoms with Crippen LogP contribution in [0.2, 0.25) is 0 Å². The van der Waals surface area contributed by atoms with E-state index in [1.54, 1.807) is 0 Å². The molecule has 0 amide bonds. The van der Waals surface area contributed by atoms with Crippen molar-refractivity contribution in [3.05, 3.63) is 28.8 Å². The third-order valence-corrected chi connectivity index (χ3v) is 6.50. The molecule has 18 heavy (non-hydrogen) atoms. The molecule has 1 aromatic carbocycles. The van der Waals surface area contributed by atoms with E-state index in [4.69, 9.17) is 0 Å². The van der Waals surface area contributed by atoms with Crippen LogP contribution in [0.15, 0.2) is 12.1 Å². The van der Waals surface area contributed by atoms with Gasteiger partial charge in [-0.2, -0.15) is 0 Å². The Hall–Kier alpha value is 0.460. The first-order valence-corrected chi connectivity index (χ1v) is 8.79. The highest BCUT2D eigenvalue weighted by Gasteiger charge is 2.24. The van der Waals surface area contributed by atoms with Gasteiger partial charge in [0.1, 0.15) is 5.75 Å². The summed E-state index contributed by atoms with van der Waals surface area (Å²) in [5.74, 6) is 1.06. The predicted molar refractivity (Wildman–Crippen MR) is 89.6 cm³/mol. The summed E-state index contributed by atoms with van der Waals surface area (Å²) >= 11 is 10.7. The Balaban J connectivity index is 3.41. The number of hydrogen-bond acceptors (Lipinski definition) is 1. The first kappa shape index (κ1) is 16.5. The highest BCUT2D eigenvalue weighted by molar-refractivity contribution is 9.25. The van der Waals surface area contributed by atoms with Crippen LogP contribution in [0.5, 0.6) is 5.75 Å². The second kappa shape index (κ2) is 6.76. The van der Waals surface area contributed by atoms with E-state index >= 15 is 0 Å². The fourth-order valence-corrected chi connectivity index (χ4v) is 3.06. The number of rotatable bonds is 4. The average molecular weight is 443 g/mol. The Morgan fingerprint density at radius 3 is 1.78 bits per heavy atom. The SMILES string of the molecule is CC(C)c1ccc(C(Br)C(Br)Br)c(C(C)C)c1O. The second-order valence-electron chi connectivity index (χ2n) is 5.05. The molecule has 0 radical (unpaired) electrons. The summed E-state index contributed by atoms with van der Waals surface area (Å²) < 4.78 is 0.131. The largest absolute Gasteiger partial charge is 0.507 e. The maximum absolute atomic E-state index is 10.5. The molecule has 0 spiro atoms. The lowest BCUT2D eigenvalue weighted by molar-refractivity contribution is 0.453. The normalized spacial score (nSPS) is 13.7. The van der Waals surface area contributed by atoms with Gasteiger partial charge in [0, 0.05) is 5.56 Å². The van der Waals surface area contributed by atoms with Gasteiger partial charge in [0.2, 0.25) is 0 Å². The number of halogens is 3. The van der Waals surface area contributed by atoms with Gasteiger partial charge in [-0.05, 0) is 23.0 Å². The quantitative estimate of drug-likeness (QED) is 0.551. The number of phenols is 1. The molecule has 0 bridgehead atoms. The van der Waals surface area contributed by atoms with Crippen LogP contribution in [0.3, 0.4) is 0 Å². The third kappa shape index (κ3) is 3.51. The minimum Gasteiger partial charge on any atom is -0.507 e. The zero-order valence-electron chi connectivity index (χ0n) is 11.0. The summed E-state index contributed by atoms with van der Waals surface area (Å²) in [7, 11) is 0. The Bertz CT molecular complexity index is 414. The lowest BCUT2D eigenvalue weighted by atomic mass is 9.89. The van der Waals surface area contributed by atoms with Gasteiger partial charge < -0.3 is 5.11 Å². The molecule has 0 saturated heterocycles. The van der Waals surface area contributed by atoms with Crippen LogP contribution in [-0.4, -0.2) is 8.84 Å². The van der Waals surface area contributed by atoms with Gasteiger partial charge >= 0.3 is 0 Å². The van der Waals surface area contributed by atoms with E-state index in [1.807, 2.05) is 6.07 Å². The molecule has 1 unspecified atom stereocenters. The zero-order valence-corrected chi connectivity index (χ0v) is 15.8. The van der Waals surface area contributed by atoms with E-state index in [-0.39, 0.29) is 14.5 Å². The van der Waals surface area contributed by atoms with Gasteiger partial charge in [-0.3, -0.25) is 0 Å². The maximum atomic E-state index is 10.5. The molecule has 0 heterocycles. The highest BCUT2D eigenvalue weighted by atomic mass is 79.9. The Morgan fingerprint density at radius 1 is 0.889 bits per heavy atom. The van der Waals surface area contributed by atoms with Crippen molar-refractivity contribution in [3.63, 3.8) is 0 Å². The number of aromatic hydroxyl groups is 1. The molecule has 0 saturated carbocycles. The summed E-state index contributed by atoms with van der Waals surface area (Å²) in [6.45, 7) is 8.42. The molecule has 1 N–H and O–H groups in total. The van der Waals surface area contributed by atoms with E-state index < -0.39 is 0 Å². The number of benzene rings is 1. The summed E-state index contributed by atoms with van der Waals surface area (Å²) in [4.78, 5) is 0.127. The van der Waals surface area contributed by atoms with Crippen molar-refractivity contribution >= 4 is 47.8 Å². The molecular formula is C14H19Br3O. The number of alkyl halides is 3. The summed E-state index contributed by atoms with van der Waals surface area (Å²) in [5.41, 5.74) is 3.18. The van der Waals surface area contributed by atoms with Gasteiger partial charge in [0.25, 0.3) is 0 Å². The number of hydrogen-bond donors (Lipinski definition) is 1. The molecule has 4 heteroatoms. The van der Waals surface area contributed by atoms with Crippen molar-refractivity contribution in [1.29, 1.82) is 0 Å². The van der Waals surface area contributed by atoms with Crippen molar-refractivity contribution in [1.82, 2.24) is 0 Å². The van der Waals surface area contributed by atoms with Gasteiger partial charge in [-0.1, -0.05) is 87.6 Å². The van der Waals surface area contributed by atoms with Gasteiger partial charge in [-0.15, -0.1) is 0 Å². The molecule has 102 valence electrons. The second-order valence-corrected chi connectivity index (χ2v) is 9.24. The lowest BCUT2D eigenvalue weighted by Crippen LogP contribution is -2.06. The minimum absolute atomic E-state index is 0.127. The van der Waals surface area contributed by atoms with Crippen molar-refractivity contribution in [2.75, 3.05) is 0 Å². The monoisotopic (exact) mass is 440 g/mol. The smallest absolute Gasteiger partial charge is 0.122 e. The molecule has 0 aliphatic carbocycles. The fourth-order valence-electron chi connectivity index (χ4n) is 2.09. The van der Waals surface area contributed by atoms with Crippen LogP contribution in [0.1, 0.15) is 61.0 Å². The minimum atomic E-state index is 0.127. The Labute approximate surface area is 135 Å². The maximum Gasteiger partial charge on any atom is 0.122 e. The van der Waals surface area contributed by atoms with Gasteiger partial charge in [-0.25, -0.2) is 0 Å². The predicted octanol–water partition coefficient (Wildman–Crippen LogP) is 6.19. The van der Waals surface area contributed by atoms with Crippen LogP contribution in [-0.2, 0) is 0 Å². The first-order valence-electron chi connectivity index (χ1n) is 6.05. The van der Waals surface area contributed by atoms with E-state index in [1.165, 1.54) is 0 Å². The highest BCUT2D eigenvalue weighted by Crippen LogP contribution is 2.44. The van der Waals surface area contributed by atoms with Crippen molar-refractivity contribution in [2.45, 2.75) is 48.1 Å². The standard InChI is InChI=1S/C14H19Br3O/c1-7(2)9-5-6-10(12(15)14(16)17)11(8(3)4)13(9)18/h5-8,12,14,18H,1-4H3. The van der Waals surface area contributed by atoms with Crippen molar-refractivity contribution in [2.24, 2.45) is 0 Å². The van der Waals surface area contributed by atoms with Crippen LogP contribution < -0.4 is 0 Å². The zero-order chi connectivity index (χ0) is 14.0. The Kier molecular flexibility index (Phi) is 6.20. The lowest BCUT2D eigenvalue weighted by Gasteiger charge is -2.22. The van der Waals surface area contributed by atoms with Crippen LogP contribution in [0.25, 0.3) is 0 Å². The molecule has 0 aromatic heterocycles. The van der Waals surface area contributed by atoms with E-state index in [9.17, 15) is 5.11 Å². The van der Waals surface area contributed by atoms with E-state index in [2.05, 4.69) is 81.6 Å². The molecule has 1 atom stereocenters. The van der Waals surface area contributed by atoms with Crippen LogP contribution in [0.4, 0.5) is 0 Å². The summed E-state index contributed by atoms with van der Waals surface area (Å²) in [5, 5.41) is 10.5. The average Bonchev–Trinajstić information content (AvgIpc) is 2.26.